The number of nitrogens with zero attached hydrogens (tertiary/aromatic N) is 2. The normalized spacial score (nSPS) is 22.8. The Hall–Kier alpha value is -1.11. The van der Waals surface area contributed by atoms with Gasteiger partial charge in [-0.25, -0.2) is 8.42 Å². The summed E-state index contributed by atoms with van der Waals surface area (Å²) in [6, 6.07) is 4.51. The third-order valence-electron chi connectivity index (χ3n) is 5.32. The van der Waals surface area contributed by atoms with Crippen molar-refractivity contribution in [2.24, 2.45) is 5.92 Å². The molecule has 2 heterocycles. The molecule has 1 amide bonds. The van der Waals surface area contributed by atoms with Crippen LogP contribution in [0, 0.1) is 5.92 Å². The van der Waals surface area contributed by atoms with E-state index in [-0.39, 0.29) is 16.4 Å². The SMILES string of the molecule is C[C@@H]1CCCN(C(=O)c2cc(S(=O)(=O)N3CCCCCC3)ccc2Cl)C1. The van der Waals surface area contributed by atoms with Crippen LogP contribution < -0.4 is 0 Å². The Kier molecular flexibility index (Phi) is 6.25. The summed E-state index contributed by atoms with van der Waals surface area (Å²) in [5.74, 6) is 0.282. The van der Waals surface area contributed by atoms with Gasteiger partial charge in [0, 0.05) is 26.2 Å². The molecule has 3 rings (SSSR count). The van der Waals surface area contributed by atoms with E-state index in [1.807, 2.05) is 0 Å². The fourth-order valence-electron chi connectivity index (χ4n) is 3.80. The van der Waals surface area contributed by atoms with Crippen molar-refractivity contribution in [3.8, 4) is 0 Å². The van der Waals surface area contributed by atoms with E-state index in [4.69, 9.17) is 11.6 Å². The zero-order valence-corrected chi connectivity index (χ0v) is 16.9. The number of amides is 1. The standard InChI is InChI=1S/C19H27ClN2O3S/c1-15-7-6-10-21(14-15)19(23)17-13-16(8-9-18(17)20)26(24,25)22-11-4-2-3-5-12-22/h8-9,13,15H,2-7,10-12,14H2,1H3/t15-/m1/s1. The van der Waals surface area contributed by atoms with Gasteiger partial charge in [-0.05, 0) is 49.8 Å². The van der Waals surface area contributed by atoms with Crippen LogP contribution in [-0.2, 0) is 10.0 Å². The van der Waals surface area contributed by atoms with Crippen molar-refractivity contribution in [3.05, 3.63) is 28.8 Å². The van der Waals surface area contributed by atoms with Crippen molar-refractivity contribution in [1.82, 2.24) is 9.21 Å². The number of benzene rings is 1. The first-order valence-corrected chi connectivity index (χ1v) is 11.3. The summed E-state index contributed by atoms with van der Waals surface area (Å²) in [6.07, 6.45) is 5.96. The molecule has 1 aromatic rings. The van der Waals surface area contributed by atoms with Crippen molar-refractivity contribution in [1.29, 1.82) is 0 Å². The minimum Gasteiger partial charge on any atom is -0.338 e. The second-order valence-electron chi connectivity index (χ2n) is 7.46. The molecule has 0 aromatic heterocycles. The van der Waals surface area contributed by atoms with Crippen molar-refractivity contribution < 1.29 is 13.2 Å². The smallest absolute Gasteiger partial charge is 0.255 e. The number of piperidine rings is 1. The molecule has 2 saturated heterocycles. The first-order chi connectivity index (χ1) is 12.4. The lowest BCUT2D eigenvalue weighted by molar-refractivity contribution is 0.0683. The lowest BCUT2D eigenvalue weighted by Gasteiger charge is -2.31. The number of likely N-dealkylation sites (tertiary alicyclic amines) is 1. The summed E-state index contributed by atoms with van der Waals surface area (Å²) in [7, 11) is -3.60. The molecule has 0 aliphatic carbocycles. The van der Waals surface area contributed by atoms with Gasteiger partial charge in [0.05, 0.1) is 15.5 Å². The van der Waals surface area contributed by atoms with E-state index in [1.165, 1.54) is 18.2 Å². The minimum absolute atomic E-state index is 0.164. The van der Waals surface area contributed by atoms with Crippen molar-refractivity contribution >= 4 is 27.5 Å². The maximum absolute atomic E-state index is 13.0. The van der Waals surface area contributed by atoms with Gasteiger partial charge in [-0.2, -0.15) is 4.31 Å². The van der Waals surface area contributed by atoms with Crippen LogP contribution in [0.4, 0.5) is 0 Å². The van der Waals surface area contributed by atoms with Crippen LogP contribution in [0.2, 0.25) is 5.02 Å². The lowest BCUT2D eigenvalue weighted by Crippen LogP contribution is -2.39. The summed E-state index contributed by atoms with van der Waals surface area (Å²) < 4.78 is 27.6. The average Bonchev–Trinajstić information content (AvgIpc) is 2.91. The number of hydrogen-bond donors (Lipinski definition) is 0. The van der Waals surface area contributed by atoms with Gasteiger partial charge in [0.2, 0.25) is 10.0 Å². The van der Waals surface area contributed by atoms with Gasteiger partial charge in [0.15, 0.2) is 0 Å². The number of carbonyl (C=O) groups excluding carboxylic acids is 1. The Morgan fingerprint density at radius 2 is 1.77 bits per heavy atom. The van der Waals surface area contributed by atoms with E-state index >= 15 is 0 Å². The number of rotatable bonds is 3. The summed E-state index contributed by atoms with van der Waals surface area (Å²) in [5.41, 5.74) is 0.289. The van der Waals surface area contributed by atoms with E-state index in [2.05, 4.69) is 6.92 Å². The molecule has 1 atom stereocenters. The molecule has 2 aliphatic heterocycles. The van der Waals surface area contributed by atoms with Gasteiger partial charge in [-0.15, -0.1) is 0 Å². The molecule has 7 heteroatoms. The first kappa shape index (κ1) is 19.6. The van der Waals surface area contributed by atoms with E-state index in [1.54, 1.807) is 9.21 Å². The number of carbonyl (C=O) groups is 1. The highest BCUT2D eigenvalue weighted by atomic mass is 35.5. The second-order valence-corrected chi connectivity index (χ2v) is 9.80. The zero-order valence-electron chi connectivity index (χ0n) is 15.3. The highest BCUT2D eigenvalue weighted by Crippen LogP contribution is 2.27. The quantitative estimate of drug-likeness (QED) is 0.778. The molecular formula is C19H27ClN2O3S. The lowest BCUT2D eigenvalue weighted by atomic mass is 9.99. The first-order valence-electron chi connectivity index (χ1n) is 9.48. The monoisotopic (exact) mass is 398 g/mol. The molecule has 2 aliphatic rings. The topological polar surface area (TPSA) is 57.7 Å². The third-order valence-corrected chi connectivity index (χ3v) is 7.54. The summed E-state index contributed by atoms with van der Waals surface area (Å²) in [5, 5.41) is 0.308. The van der Waals surface area contributed by atoms with Gasteiger partial charge in [0.25, 0.3) is 5.91 Å². The van der Waals surface area contributed by atoms with E-state index in [9.17, 15) is 13.2 Å². The molecule has 0 unspecified atom stereocenters. The molecule has 26 heavy (non-hydrogen) atoms. The Bertz CT molecular complexity index is 758. The van der Waals surface area contributed by atoms with Crippen LogP contribution in [0.3, 0.4) is 0 Å². The highest BCUT2D eigenvalue weighted by Gasteiger charge is 2.28. The molecule has 0 bridgehead atoms. The van der Waals surface area contributed by atoms with E-state index in [0.29, 0.717) is 37.1 Å². The second kappa shape index (κ2) is 8.28. The summed E-state index contributed by atoms with van der Waals surface area (Å²) in [4.78, 5) is 14.9. The Morgan fingerprint density at radius 3 is 2.42 bits per heavy atom. The molecular weight excluding hydrogens is 372 g/mol. The molecule has 0 spiro atoms. The van der Waals surface area contributed by atoms with Crippen LogP contribution in [0.25, 0.3) is 0 Å². The predicted octanol–water partition coefficient (Wildman–Crippen LogP) is 3.78. The zero-order chi connectivity index (χ0) is 18.7. The fraction of sp³-hybridized carbons (Fsp3) is 0.632. The number of sulfonamides is 1. The van der Waals surface area contributed by atoms with E-state index in [0.717, 1.165) is 38.5 Å². The summed E-state index contributed by atoms with van der Waals surface area (Å²) in [6.45, 7) is 4.60. The number of halogens is 1. The van der Waals surface area contributed by atoms with Crippen LogP contribution >= 0.6 is 11.6 Å². The molecule has 5 nitrogen and oxygen atoms in total. The number of hydrogen-bond acceptors (Lipinski definition) is 3. The maximum Gasteiger partial charge on any atom is 0.255 e. The van der Waals surface area contributed by atoms with Crippen molar-refractivity contribution in [2.75, 3.05) is 26.2 Å². The van der Waals surface area contributed by atoms with Crippen molar-refractivity contribution in [2.45, 2.75) is 50.3 Å². The minimum atomic E-state index is -3.60. The predicted molar refractivity (Wildman–Crippen MR) is 103 cm³/mol. The van der Waals surface area contributed by atoms with E-state index < -0.39 is 10.0 Å². The Morgan fingerprint density at radius 1 is 1.08 bits per heavy atom. The Labute approximate surface area is 161 Å². The van der Waals surface area contributed by atoms with Crippen molar-refractivity contribution in [3.63, 3.8) is 0 Å². The van der Waals surface area contributed by atoms with Crippen LogP contribution in [0.5, 0.6) is 0 Å². The van der Waals surface area contributed by atoms with Gasteiger partial charge < -0.3 is 4.90 Å². The van der Waals surface area contributed by atoms with Crippen LogP contribution in [-0.4, -0.2) is 49.7 Å². The van der Waals surface area contributed by atoms with Crippen LogP contribution in [0.15, 0.2) is 23.1 Å². The third kappa shape index (κ3) is 4.24. The largest absolute Gasteiger partial charge is 0.338 e. The summed E-state index contributed by atoms with van der Waals surface area (Å²) >= 11 is 6.25. The molecule has 2 fully saturated rings. The van der Waals surface area contributed by atoms with Gasteiger partial charge >= 0.3 is 0 Å². The molecule has 144 valence electrons. The molecule has 0 saturated carbocycles. The Balaban J connectivity index is 1.88. The van der Waals surface area contributed by atoms with Gasteiger partial charge in [-0.3, -0.25) is 4.79 Å². The average molecular weight is 399 g/mol. The maximum atomic E-state index is 13.0. The highest BCUT2D eigenvalue weighted by molar-refractivity contribution is 7.89. The fourth-order valence-corrected chi connectivity index (χ4v) is 5.55. The van der Waals surface area contributed by atoms with Gasteiger partial charge in [-0.1, -0.05) is 31.4 Å². The van der Waals surface area contributed by atoms with Crippen LogP contribution in [0.1, 0.15) is 55.8 Å². The van der Waals surface area contributed by atoms with Gasteiger partial charge in [0.1, 0.15) is 0 Å². The molecule has 0 radical (unpaired) electrons. The molecule has 1 aromatic carbocycles. The molecule has 0 N–H and O–H groups in total.